The highest BCUT2D eigenvalue weighted by Crippen LogP contribution is 2.28. The Kier molecular flexibility index (Phi) is 5.25. The molecule has 0 saturated heterocycles. The van der Waals surface area contributed by atoms with Crippen molar-refractivity contribution in [1.29, 1.82) is 0 Å². The Hall–Kier alpha value is -2.69. The molecule has 5 heteroatoms. The zero-order valence-corrected chi connectivity index (χ0v) is 12.9. The molecule has 2 rings (SSSR count). The van der Waals surface area contributed by atoms with E-state index in [4.69, 9.17) is 14.2 Å². The van der Waals surface area contributed by atoms with E-state index in [9.17, 15) is 4.79 Å². The Morgan fingerprint density at radius 1 is 1.05 bits per heavy atom. The fraction of sp³-hybridized carbons (Fsp3) is 0.235. The van der Waals surface area contributed by atoms with Gasteiger partial charge in [-0.1, -0.05) is 12.1 Å². The molecule has 0 saturated carbocycles. The highest BCUT2D eigenvalue weighted by atomic mass is 16.5. The van der Waals surface area contributed by atoms with Gasteiger partial charge in [0.25, 0.3) is 5.91 Å². The van der Waals surface area contributed by atoms with Crippen LogP contribution in [0.5, 0.6) is 17.2 Å². The lowest BCUT2D eigenvalue weighted by atomic mass is 10.2. The predicted octanol–water partition coefficient (Wildman–Crippen LogP) is 3.03. The van der Waals surface area contributed by atoms with Crippen LogP contribution in [-0.4, -0.2) is 26.7 Å². The second-order valence-electron chi connectivity index (χ2n) is 4.72. The van der Waals surface area contributed by atoms with Crippen molar-refractivity contribution < 1.29 is 19.0 Å². The van der Waals surface area contributed by atoms with Crippen LogP contribution >= 0.6 is 0 Å². The van der Waals surface area contributed by atoms with Gasteiger partial charge in [-0.15, -0.1) is 0 Å². The number of benzene rings is 2. The van der Waals surface area contributed by atoms with Gasteiger partial charge in [0.2, 0.25) is 0 Å². The van der Waals surface area contributed by atoms with E-state index in [0.717, 1.165) is 5.56 Å². The summed E-state index contributed by atoms with van der Waals surface area (Å²) in [6, 6.07) is 12.7. The number of ether oxygens (including phenoxy) is 3. The predicted molar refractivity (Wildman–Crippen MR) is 84.8 cm³/mol. The standard InChI is InChI=1S/C17H19NO4/c1-12-5-4-6-14(9-12)22-11-17(19)18-15-10-13(20-2)7-8-16(15)21-3/h4-10H,11H2,1-3H3,(H,18,19). The summed E-state index contributed by atoms with van der Waals surface area (Å²) < 4.78 is 15.8. The molecule has 0 aliphatic heterocycles. The van der Waals surface area contributed by atoms with Gasteiger partial charge in [0.05, 0.1) is 19.9 Å². The Labute approximate surface area is 129 Å². The summed E-state index contributed by atoms with van der Waals surface area (Å²) in [5, 5.41) is 2.75. The van der Waals surface area contributed by atoms with Gasteiger partial charge in [-0.3, -0.25) is 4.79 Å². The van der Waals surface area contributed by atoms with E-state index in [1.807, 2.05) is 31.2 Å². The number of carbonyl (C=O) groups excluding carboxylic acids is 1. The third kappa shape index (κ3) is 4.15. The van der Waals surface area contributed by atoms with Crippen LogP contribution in [0.3, 0.4) is 0 Å². The molecule has 5 nitrogen and oxygen atoms in total. The summed E-state index contributed by atoms with van der Waals surface area (Å²) in [5.41, 5.74) is 1.62. The third-order valence-electron chi connectivity index (χ3n) is 3.04. The van der Waals surface area contributed by atoms with Crippen LogP contribution in [0.1, 0.15) is 5.56 Å². The van der Waals surface area contributed by atoms with Crippen LogP contribution in [0.4, 0.5) is 5.69 Å². The summed E-state index contributed by atoms with van der Waals surface area (Å²) in [4.78, 5) is 12.0. The normalized spacial score (nSPS) is 9.95. The molecule has 22 heavy (non-hydrogen) atoms. The minimum Gasteiger partial charge on any atom is -0.497 e. The first-order valence-electron chi connectivity index (χ1n) is 6.83. The number of carbonyl (C=O) groups is 1. The molecule has 0 bridgehead atoms. The number of methoxy groups -OCH3 is 2. The van der Waals surface area contributed by atoms with Gasteiger partial charge in [0.1, 0.15) is 17.2 Å². The maximum Gasteiger partial charge on any atom is 0.262 e. The van der Waals surface area contributed by atoms with Crippen molar-refractivity contribution in [2.45, 2.75) is 6.92 Å². The van der Waals surface area contributed by atoms with Gasteiger partial charge in [-0.05, 0) is 36.8 Å². The van der Waals surface area contributed by atoms with Crippen molar-refractivity contribution in [1.82, 2.24) is 0 Å². The first-order chi connectivity index (χ1) is 10.6. The highest BCUT2D eigenvalue weighted by Gasteiger charge is 2.09. The van der Waals surface area contributed by atoms with Crippen LogP contribution in [0, 0.1) is 6.92 Å². The van der Waals surface area contributed by atoms with Crippen molar-refractivity contribution in [2.75, 3.05) is 26.1 Å². The zero-order valence-electron chi connectivity index (χ0n) is 12.9. The number of anilines is 1. The minimum atomic E-state index is -0.270. The van der Waals surface area contributed by atoms with Crippen LogP contribution < -0.4 is 19.5 Å². The van der Waals surface area contributed by atoms with Gasteiger partial charge in [-0.25, -0.2) is 0 Å². The van der Waals surface area contributed by atoms with Crippen LogP contribution in [-0.2, 0) is 4.79 Å². The van der Waals surface area contributed by atoms with Gasteiger partial charge in [0.15, 0.2) is 6.61 Å². The molecule has 116 valence electrons. The van der Waals surface area contributed by atoms with E-state index in [2.05, 4.69) is 5.32 Å². The van der Waals surface area contributed by atoms with Crippen molar-refractivity contribution in [3.63, 3.8) is 0 Å². The Balaban J connectivity index is 1.99. The summed E-state index contributed by atoms with van der Waals surface area (Å²) in [6.07, 6.45) is 0. The van der Waals surface area contributed by atoms with Gasteiger partial charge in [-0.2, -0.15) is 0 Å². The van der Waals surface area contributed by atoms with Crippen molar-refractivity contribution in [2.24, 2.45) is 0 Å². The largest absolute Gasteiger partial charge is 0.497 e. The second kappa shape index (κ2) is 7.36. The molecule has 1 amide bonds. The zero-order chi connectivity index (χ0) is 15.9. The molecular formula is C17H19NO4. The average molecular weight is 301 g/mol. The fourth-order valence-corrected chi connectivity index (χ4v) is 1.95. The van der Waals surface area contributed by atoms with Crippen molar-refractivity contribution >= 4 is 11.6 Å². The first-order valence-corrected chi connectivity index (χ1v) is 6.83. The summed E-state index contributed by atoms with van der Waals surface area (Å²) in [5.74, 6) is 1.58. The Morgan fingerprint density at radius 2 is 1.86 bits per heavy atom. The highest BCUT2D eigenvalue weighted by molar-refractivity contribution is 5.93. The molecule has 0 heterocycles. The van der Waals surface area contributed by atoms with E-state index in [-0.39, 0.29) is 12.5 Å². The smallest absolute Gasteiger partial charge is 0.262 e. The number of nitrogens with one attached hydrogen (secondary N) is 1. The van der Waals surface area contributed by atoms with E-state index in [0.29, 0.717) is 22.9 Å². The molecular weight excluding hydrogens is 282 g/mol. The van der Waals surface area contributed by atoms with Crippen LogP contribution in [0.15, 0.2) is 42.5 Å². The van der Waals surface area contributed by atoms with Crippen LogP contribution in [0.2, 0.25) is 0 Å². The lowest BCUT2D eigenvalue weighted by molar-refractivity contribution is -0.118. The lowest BCUT2D eigenvalue weighted by Crippen LogP contribution is -2.20. The number of hydrogen-bond donors (Lipinski definition) is 1. The van der Waals surface area contributed by atoms with Crippen LogP contribution in [0.25, 0.3) is 0 Å². The molecule has 0 spiro atoms. The van der Waals surface area contributed by atoms with E-state index in [1.165, 1.54) is 0 Å². The third-order valence-corrected chi connectivity index (χ3v) is 3.04. The van der Waals surface area contributed by atoms with Gasteiger partial charge in [0, 0.05) is 6.07 Å². The SMILES string of the molecule is COc1ccc(OC)c(NC(=O)COc2cccc(C)c2)c1. The summed E-state index contributed by atoms with van der Waals surface area (Å²) in [7, 11) is 3.11. The number of rotatable bonds is 6. The van der Waals surface area contributed by atoms with Crippen molar-refractivity contribution in [3.05, 3.63) is 48.0 Å². The monoisotopic (exact) mass is 301 g/mol. The molecule has 0 aromatic heterocycles. The number of amides is 1. The molecule has 0 aliphatic carbocycles. The minimum absolute atomic E-state index is 0.0795. The van der Waals surface area contributed by atoms with Crippen molar-refractivity contribution in [3.8, 4) is 17.2 Å². The molecule has 0 unspecified atom stereocenters. The quantitative estimate of drug-likeness (QED) is 0.891. The Morgan fingerprint density at radius 3 is 2.55 bits per heavy atom. The summed E-state index contributed by atoms with van der Waals surface area (Å²) in [6.45, 7) is 1.89. The number of hydrogen-bond acceptors (Lipinski definition) is 4. The average Bonchev–Trinajstić information content (AvgIpc) is 2.53. The fourth-order valence-electron chi connectivity index (χ4n) is 1.95. The molecule has 0 atom stereocenters. The van der Waals surface area contributed by atoms with Gasteiger partial charge < -0.3 is 19.5 Å². The topological polar surface area (TPSA) is 56.8 Å². The maximum absolute atomic E-state index is 12.0. The Bertz CT molecular complexity index is 655. The molecule has 2 aromatic carbocycles. The van der Waals surface area contributed by atoms with E-state index >= 15 is 0 Å². The molecule has 2 aromatic rings. The molecule has 0 radical (unpaired) electrons. The number of aryl methyl sites for hydroxylation is 1. The van der Waals surface area contributed by atoms with E-state index in [1.54, 1.807) is 32.4 Å². The first kappa shape index (κ1) is 15.7. The molecule has 1 N–H and O–H groups in total. The molecule has 0 fully saturated rings. The summed E-state index contributed by atoms with van der Waals surface area (Å²) >= 11 is 0. The maximum atomic E-state index is 12.0. The van der Waals surface area contributed by atoms with E-state index < -0.39 is 0 Å². The lowest BCUT2D eigenvalue weighted by Gasteiger charge is -2.12. The second-order valence-corrected chi connectivity index (χ2v) is 4.72. The molecule has 0 aliphatic rings. The van der Waals surface area contributed by atoms with Gasteiger partial charge >= 0.3 is 0 Å².